The number of carbonyl (C=O) groups excluding carboxylic acids is 1. The predicted octanol–water partition coefficient (Wildman–Crippen LogP) is 1.38. The van der Waals surface area contributed by atoms with Gasteiger partial charge in [0.2, 0.25) is 0 Å². The lowest BCUT2D eigenvalue weighted by Gasteiger charge is -2.29. The molecule has 1 unspecified atom stereocenters. The number of hydrogen-bond acceptors (Lipinski definition) is 4. The van der Waals surface area contributed by atoms with Crippen LogP contribution < -0.4 is 4.74 Å². The monoisotopic (exact) mass is 274 g/mol. The summed E-state index contributed by atoms with van der Waals surface area (Å²) in [4.78, 5) is 13.9. The van der Waals surface area contributed by atoms with Crippen LogP contribution in [0.25, 0.3) is 0 Å². The topological polar surface area (TPSA) is 62.6 Å². The molecule has 5 nitrogen and oxygen atoms in total. The zero-order valence-corrected chi connectivity index (χ0v) is 11.5. The highest BCUT2D eigenvalue weighted by Crippen LogP contribution is 2.15. The van der Waals surface area contributed by atoms with Crippen LogP contribution in [0.4, 0.5) is 0 Å². The van der Waals surface area contributed by atoms with Crippen molar-refractivity contribution in [2.45, 2.75) is 19.4 Å². The van der Waals surface area contributed by atoms with Crippen LogP contribution in [0.5, 0.6) is 5.75 Å². The molecule has 1 aliphatic rings. The van der Waals surface area contributed by atoms with E-state index in [1.54, 1.807) is 24.0 Å². The number of benzene rings is 1. The molecule has 0 aromatic heterocycles. The average Bonchev–Trinajstić information content (AvgIpc) is 2.49. The molecule has 1 aromatic rings. The fraction of sp³-hybridized carbons (Fsp3) is 0.467. The van der Waals surface area contributed by atoms with Crippen molar-refractivity contribution >= 4 is 5.91 Å². The number of nitrogens with zero attached hydrogens (tertiary/aromatic N) is 2. The summed E-state index contributed by atoms with van der Waals surface area (Å²) in [5, 5.41) is 8.61. The van der Waals surface area contributed by atoms with E-state index in [1.165, 1.54) is 0 Å². The van der Waals surface area contributed by atoms with E-state index in [0.29, 0.717) is 38.5 Å². The molecular formula is C15H18N2O3. The van der Waals surface area contributed by atoms with Gasteiger partial charge in [-0.2, -0.15) is 5.26 Å². The second kappa shape index (κ2) is 6.92. The summed E-state index contributed by atoms with van der Waals surface area (Å²) in [7, 11) is 0. The average molecular weight is 274 g/mol. The summed E-state index contributed by atoms with van der Waals surface area (Å²) in [6.45, 7) is 4.16. The standard InChI is InChI=1S/C15H18N2O3/c1-12(15(18)17-8-10-19-11-9-17)20-14-4-2-13(3-5-14)6-7-16/h2-5,12H,6,8-11H2,1H3. The van der Waals surface area contributed by atoms with Gasteiger partial charge in [0.25, 0.3) is 5.91 Å². The molecule has 0 bridgehead atoms. The van der Waals surface area contributed by atoms with E-state index in [2.05, 4.69) is 6.07 Å². The van der Waals surface area contributed by atoms with Crippen molar-refractivity contribution in [3.05, 3.63) is 29.8 Å². The molecule has 1 aliphatic heterocycles. The van der Waals surface area contributed by atoms with Gasteiger partial charge in [-0.25, -0.2) is 0 Å². The Kier molecular flexibility index (Phi) is 4.97. The first-order valence-electron chi connectivity index (χ1n) is 6.70. The van der Waals surface area contributed by atoms with Gasteiger partial charge < -0.3 is 14.4 Å². The van der Waals surface area contributed by atoms with Crippen molar-refractivity contribution in [3.63, 3.8) is 0 Å². The van der Waals surface area contributed by atoms with E-state index < -0.39 is 6.10 Å². The number of hydrogen-bond donors (Lipinski definition) is 0. The van der Waals surface area contributed by atoms with Gasteiger partial charge in [-0.1, -0.05) is 12.1 Å². The van der Waals surface area contributed by atoms with Crippen LogP contribution in [0.1, 0.15) is 12.5 Å². The molecule has 2 rings (SSSR count). The highest BCUT2D eigenvalue weighted by atomic mass is 16.5. The van der Waals surface area contributed by atoms with Gasteiger partial charge in [-0.3, -0.25) is 4.79 Å². The van der Waals surface area contributed by atoms with Crippen molar-refractivity contribution in [2.75, 3.05) is 26.3 Å². The van der Waals surface area contributed by atoms with Crippen LogP contribution in [0.3, 0.4) is 0 Å². The molecule has 0 radical (unpaired) electrons. The highest BCUT2D eigenvalue weighted by Gasteiger charge is 2.23. The third-order valence-electron chi connectivity index (χ3n) is 3.19. The molecule has 1 aromatic carbocycles. The second-order valence-electron chi connectivity index (χ2n) is 4.68. The van der Waals surface area contributed by atoms with Gasteiger partial charge >= 0.3 is 0 Å². The molecule has 1 amide bonds. The third kappa shape index (κ3) is 3.72. The molecule has 5 heteroatoms. The largest absolute Gasteiger partial charge is 0.481 e. The number of ether oxygens (including phenoxy) is 2. The van der Waals surface area contributed by atoms with Crippen LogP contribution in [-0.4, -0.2) is 43.2 Å². The molecule has 0 aliphatic carbocycles. The van der Waals surface area contributed by atoms with E-state index in [1.807, 2.05) is 12.1 Å². The smallest absolute Gasteiger partial charge is 0.263 e. The summed E-state index contributed by atoms with van der Waals surface area (Å²) < 4.78 is 10.9. The van der Waals surface area contributed by atoms with Crippen LogP contribution in [0.2, 0.25) is 0 Å². The SMILES string of the molecule is CC(Oc1ccc(CC#N)cc1)C(=O)N1CCOCC1. The lowest BCUT2D eigenvalue weighted by molar-refractivity contribution is -0.142. The van der Waals surface area contributed by atoms with Crippen LogP contribution in [0.15, 0.2) is 24.3 Å². The number of carbonyl (C=O) groups is 1. The molecule has 0 saturated carbocycles. The number of nitriles is 1. The van der Waals surface area contributed by atoms with Gasteiger partial charge in [0, 0.05) is 13.1 Å². The minimum absolute atomic E-state index is 0.0191. The second-order valence-corrected chi connectivity index (χ2v) is 4.68. The van der Waals surface area contributed by atoms with Crippen LogP contribution >= 0.6 is 0 Å². The lowest BCUT2D eigenvalue weighted by Crippen LogP contribution is -2.46. The van der Waals surface area contributed by atoms with Crippen molar-refractivity contribution in [1.82, 2.24) is 4.90 Å². The predicted molar refractivity (Wildman–Crippen MR) is 73.2 cm³/mol. The minimum atomic E-state index is -0.519. The van der Waals surface area contributed by atoms with Gasteiger partial charge in [-0.15, -0.1) is 0 Å². The summed E-state index contributed by atoms with van der Waals surface area (Å²) in [5.41, 5.74) is 0.937. The number of rotatable bonds is 4. The van der Waals surface area contributed by atoms with E-state index in [-0.39, 0.29) is 5.91 Å². The van der Waals surface area contributed by atoms with E-state index in [9.17, 15) is 4.79 Å². The Bertz CT molecular complexity index is 487. The van der Waals surface area contributed by atoms with Crippen molar-refractivity contribution in [1.29, 1.82) is 5.26 Å². The van der Waals surface area contributed by atoms with Gasteiger partial charge in [0.1, 0.15) is 5.75 Å². The van der Waals surface area contributed by atoms with E-state index in [0.717, 1.165) is 5.56 Å². The Morgan fingerprint density at radius 1 is 1.40 bits per heavy atom. The Morgan fingerprint density at radius 2 is 2.05 bits per heavy atom. The lowest BCUT2D eigenvalue weighted by atomic mass is 10.1. The molecule has 0 spiro atoms. The summed E-state index contributed by atoms with van der Waals surface area (Å²) in [6.07, 6.45) is -0.141. The summed E-state index contributed by atoms with van der Waals surface area (Å²) in [5.74, 6) is 0.621. The minimum Gasteiger partial charge on any atom is -0.481 e. The van der Waals surface area contributed by atoms with Crippen molar-refractivity contribution in [3.8, 4) is 11.8 Å². The van der Waals surface area contributed by atoms with Crippen molar-refractivity contribution < 1.29 is 14.3 Å². The summed E-state index contributed by atoms with van der Waals surface area (Å²) in [6, 6.07) is 9.34. The van der Waals surface area contributed by atoms with Gasteiger partial charge in [0.15, 0.2) is 6.10 Å². The van der Waals surface area contributed by atoms with Crippen molar-refractivity contribution in [2.24, 2.45) is 0 Å². The normalized spacial score (nSPS) is 16.3. The Hall–Kier alpha value is -2.06. The molecule has 0 N–H and O–H groups in total. The Balaban J connectivity index is 1.91. The van der Waals surface area contributed by atoms with Crippen LogP contribution in [0, 0.1) is 11.3 Å². The zero-order valence-electron chi connectivity index (χ0n) is 11.5. The number of morpholine rings is 1. The fourth-order valence-electron chi connectivity index (χ4n) is 2.07. The maximum Gasteiger partial charge on any atom is 0.263 e. The van der Waals surface area contributed by atoms with Gasteiger partial charge in [-0.05, 0) is 24.6 Å². The third-order valence-corrected chi connectivity index (χ3v) is 3.19. The maximum atomic E-state index is 12.2. The van der Waals surface area contributed by atoms with E-state index in [4.69, 9.17) is 14.7 Å². The molecule has 1 saturated heterocycles. The van der Waals surface area contributed by atoms with Gasteiger partial charge in [0.05, 0.1) is 25.7 Å². The fourth-order valence-corrected chi connectivity index (χ4v) is 2.07. The molecule has 1 fully saturated rings. The first-order valence-corrected chi connectivity index (χ1v) is 6.70. The molecule has 1 atom stereocenters. The zero-order chi connectivity index (χ0) is 14.4. The quantitative estimate of drug-likeness (QED) is 0.832. The first kappa shape index (κ1) is 14.4. The Morgan fingerprint density at radius 3 is 2.65 bits per heavy atom. The first-order chi connectivity index (χ1) is 9.70. The van der Waals surface area contributed by atoms with E-state index >= 15 is 0 Å². The molecule has 1 heterocycles. The number of amides is 1. The summed E-state index contributed by atoms with van der Waals surface area (Å²) >= 11 is 0. The highest BCUT2D eigenvalue weighted by molar-refractivity contribution is 5.81. The molecule has 20 heavy (non-hydrogen) atoms. The maximum absolute atomic E-state index is 12.2. The molecular weight excluding hydrogens is 256 g/mol. The Labute approximate surface area is 118 Å². The van der Waals surface area contributed by atoms with Crippen LogP contribution in [-0.2, 0) is 16.0 Å². The molecule has 106 valence electrons.